The Morgan fingerprint density at radius 3 is 2.55 bits per heavy atom. The highest BCUT2D eigenvalue weighted by atomic mass is 15.2. The van der Waals surface area contributed by atoms with Crippen molar-refractivity contribution in [3.05, 3.63) is 34.9 Å². The summed E-state index contributed by atoms with van der Waals surface area (Å²) in [6, 6.07) is 7.19. The van der Waals surface area contributed by atoms with Crippen molar-refractivity contribution in [2.45, 2.75) is 71.3 Å². The smallest absolute Gasteiger partial charge is 0.0251 e. The molecule has 1 aliphatic rings. The van der Waals surface area contributed by atoms with Gasteiger partial charge in [0.05, 0.1) is 0 Å². The summed E-state index contributed by atoms with van der Waals surface area (Å²) < 4.78 is 0. The van der Waals surface area contributed by atoms with Crippen LogP contribution in [0.15, 0.2) is 18.2 Å². The van der Waals surface area contributed by atoms with Crippen molar-refractivity contribution in [2.24, 2.45) is 11.8 Å². The molecule has 0 heterocycles. The largest absolute Gasteiger partial charge is 0.271 e. The molecule has 0 spiro atoms. The second-order valence-corrected chi connectivity index (χ2v) is 6.57. The van der Waals surface area contributed by atoms with E-state index in [4.69, 9.17) is 5.84 Å². The van der Waals surface area contributed by atoms with Crippen LogP contribution in [0.5, 0.6) is 0 Å². The Labute approximate surface area is 124 Å². The highest BCUT2D eigenvalue weighted by Crippen LogP contribution is 2.28. The first-order valence-electron chi connectivity index (χ1n) is 8.21. The average molecular weight is 274 g/mol. The van der Waals surface area contributed by atoms with Crippen molar-refractivity contribution >= 4 is 0 Å². The van der Waals surface area contributed by atoms with E-state index in [9.17, 15) is 0 Å². The minimum atomic E-state index is 0.416. The fraction of sp³-hybridized carbons (Fsp3) is 0.667. The summed E-state index contributed by atoms with van der Waals surface area (Å²) in [4.78, 5) is 0. The zero-order valence-corrected chi connectivity index (χ0v) is 13.1. The fourth-order valence-electron chi connectivity index (χ4n) is 3.37. The summed E-state index contributed by atoms with van der Waals surface area (Å²) in [5.41, 5.74) is 7.18. The summed E-state index contributed by atoms with van der Waals surface area (Å²) in [7, 11) is 0. The third-order valence-corrected chi connectivity index (χ3v) is 4.94. The van der Waals surface area contributed by atoms with Crippen molar-refractivity contribution in [2.75, 3.05) is 0 Å². The molecule has 1 atom stereocenters. The molecule has 2 heteroatoms. The predicted molar refractivity (Wildman–Crippen MR) is 86.5 cm³/mol. The van der Waals surface area contributed by atoms with Gasteiger partial charge in [0.2, 0.25) is 0 Å². The molecule has 2 nitrogen and oxygen atoms in total. The molecule has 1 aromatic rings. The van der Waals surface area contributed by atoms with Gasteiger partial charge in [0.25, 0.3) is 0 Å². The number of hydrazine groups is 1. The molecule has 0 aromatic heterocycles. The van der Waals surface area contributed by atoms with Crippen molar-refractivity contribution < 1.29 is 0 Å². The van der Waals surface area contributed by atoms with Gasteiger partial charge in [-0.1, -0.05) is 50.3 Å². The number of nitrogens with two attached hydrogens (primary N) is 1. The molecule has 1 fully saturated rings. The highest BCUT2D eigenvalue weighted by Gasteiger charge is 2.16. The third kappa shape index (κ3) is 4.60. The van der Waals surface area contributed by atoms with E-state index in [0.717, 1.165) is 12.3 Å². The first kappa shape index (κ1) is 15.5. The summed E-state index contributed by atoms with van der Waals surface area (Å²) in [5, 5.41) is 0. The number of rotatable bonds is 6. The lowest BCUT2D eigenvalue weighted by atomic mass is 9.84. The van der Waals surface area contributed by atoms with Gasteiger partial charge >= 0.3 is 0 Å². The third-order valence-electron chi connectivity index (χ3n) is 4.94. The fourth-order valence-corrected chi connectivity index (χ4v) is 3.37. The average Bonchev–Trinajstić information content (AvgIpc) is 2.48. The molecule has 1 saturated carbocycles. The lowest BCUT2D eigenvalue weighted by Gasteiger charge is -2.24. The summed E-state index contributed by atoms with van der Waals surface area (Å²) in [5.74, 6) is 6.70. The number of hydrogen-bond donors (Lipinski definition) is 2. The van der Waals surface area contributed by atoms with Crippen LogP contribution in [0.3, 0.4) is 0 Å². The Morgan fingerprint density at radius 1 is 1.15 bits per heavy atom. The van der Waals surface area contributed by atoms with Crippen LogP contribution in [0.4, 0.5) is 0 Å². The minimum Gasteiger partial charge on any atom is -0.271 e. The van der Waals surface area contributed by atoms with E-state index in [0.29, 0.717) is 6.04 Å². The van der Waals surface area contributed by atoms with Gasteiger partial charge in [-0.25, -0.2) is 0 Å². The monoisotopic (exact) mass is 274 g/mol. The van der Waals surface area contributed by atoms with Crippen LogP contribution in [-0.2, 0) is 6.42 Å². The van der Waals surface area contributed by atoms with Gasteiger partial charge < -0.3 is 0 Å². The van der Waals surface area contributed by atoms with Crippen LogP contribution in [0, 0.1) is 19.8 Å². The van der Waals surface area contributed by atoms with E-state index in [2.05, 4.69) is 37.5 Å². The molecular weight excluding hydrogens is 244 g/mol. The first-order chi connectivity index (χ1) is 9.69. The zero-order valence-electron chi connectivity index (χ0n) is 13.1. The lowest BCUT2D eigenvalue weighted by Crippen LogP contribution is -2.37. The van der Waals surface area contributed by atoms with Gasteiger partial charge in [0.1, 0.15) is 0 Å². The summed E-state index contributed by atoms with van der Waals surface area (Å²) in [6.45, 7) is 4.35. The molecule has 0 radical (unpaired) electrons. The standard InChI is InChI=1S/C18H30N2/c1-14-8-9-17(12-15(14)2)13-18(20-19)11-10-16-6-4-3-5-7-16/h8-9,12,16,18,20H,3-7,10-11,13,19H2,1-2H3. The van der Waals surface area contributed by atoms with E-state index in [1.165, 1.54) is 61.6 Å². The van der Waals surface area contributed by atoms with E-state index in [1.807, 2.05) is 0 Å². The topological polar surface area (TPSA) is 38.0 Å². The molecule has 1 aromatic carbocycles. The normalized spacial score (nSPS) is 18.1. The molecule has 0 aliphatic heterocycles. The van der Waals surface area contributed by atoms with Gasteiger partial charge in [-0.3, -0.25) is 11.3 Å². The Hall–Kier alpha value is -0.860. The zero-order chi connectivity index (χ0) is 14.4. The van der Waals surface area contributed by atoms with Crippen molar-refractivity contribution in [1.29, 1.82) is 0 Å². The summed E-state index contributed by atoms with van der Waals surface area (Å²) >= 11 is 0. The molecule has 2 rings (SSSR count). The number of benzene rings is 1. The van der Waals surface area contributed by atoms with Gasteiger partial charge in [-0.05, 0) is 55.7 Å². The van der Waals surface area contributed by atoms with Crippen LogP contribution in [0.25, 0.3) is 0 Å². The van der Waals surface area contributed by atoms with Crippen LogP contribution >= 0.6 is 0 Å². The SMILES string of the molecule is Cc1ccc(CC(CCC2CCCCC2)NN)cc1C. The van der Waals surface area contributed by atoms with Gasteiger partial charge in [-0.2, -0.15) is 0 Å². The van der Waals surface area contributed by atoms with Crippen molar-refractivity contribution in [3.63, 3.8) is 0 Å². The Kier molecular flexibility index (Phi) is 6.06. The Balaban J connectivity index is 1.83. The second kappa shape index (κ2) is 7.80. The lowest BCUT2D eigenvalue weighted by molar-refractivity contribution is 0.313. The van der Waals surface area contributed by atoms with Crippen molar-refractivity contribution in [3.8, 4) is 0 Å². The van der Waals surface area contributed by atoms with Gasteiger partial charge in [0, 0.05) is 6.04 Å². The van der Waals surface area contributed by atoms with E-state index < -0.39 is 0 Å². The second-order valence-electron chi connectivity index (χ2n) is 6.57. The van der Waals surface area contributed by atoms with Crippen LogP contribution in [0.1, 0.15) is 61.6 Å². The maximum atomic E-state index is 5.75. The predicted octanol–water partition coefficient (Wildman–Crippen LogP) is 4.04. The molecule has 3 N–H and O–H groups in total. The summed E-state index contributed by atoms with van der Waals surface area (Å²) in [6.07, 6.45) is 10.8. The van der Waals surface area contributed by atoms with E-state index in [-0.39, 0.29) is 0 Å². The Bertz CT molecular complexity index is 408. The van der Waals surface area contributed by atoms with Crippen LogP contribution in [-0.4, -0.2) is 6.04 Å². The quantitative estimate of drug-likeness (QED) is 0.607. The van der Waals surface area contributed by atoms with Crippen LogP contribution < -0.4 is 11.3 Å². The molecule has 1 aliphatic carbocycles. The molecular formula is C18H30N2. The Morgan fingerprint density at radius 2 is 1.90 bits per heavy atom. The molecule has 0 amide bonds. The van der Waals surface area contributed by atoms with Gasteiger partial charge in [0.15, 0.2) is 0 Å². The van der Waals surface area contributed by atoms with E-state index >= 15 is 0 Å². The minimum absolute atomic E-state index is 0.416. The first-order valence-corrected chi connectivity index (χ1v) is 8.21. The maximum absolute atomic E-state index is 5.75. The van der Waals surface area contributed by atoms with E-state index in [1.54, 1.807) is 0 Å². The van der Waals surface area contributed by atoms with Crippen LogP contribution in [0.2, 0.25) is 0 Å². The number of hydrogen-bond acceptors (Lipinski definition) is 2. The highest BCUT2D eigenvalue weighted by molar-refractivity contribution is 5.30. The molecule has 0 saturated heterocycles. The molecule has 0 bridgehead atoms. The maximum Gasteiger partial charge on any atom is 0.0251 e. The number of nitrogens with one attached hydrogen (secondary N) is 1. The molecule has 20 heavy (non-hydrogen) atoms. The molecule has 1 unspecified atom stereocenters. The van der Waals surface area contributed by atoms with Gasteiger partial charge in [-0.15, -0.1) is 0 Å². The molecule has 112 valence electrons. The number of aryl methyl sites for hydroxylation is 2. The van der Waals surface area contributed by atoms with Crippen molar-refractivity contribution in [1.82, 2.24) is 5.43 Å².